The van der Waals surface area contributed by atoms with Gasteiger partial charge in [0.05, 0.1) is 0 Å². The fraction of sp³-hybridized carbons (Fsp3) is 0.778. The predicted octanol–water partition coefficient (Wildman–Crippen LogP) is 1.86. The fourth-order valence-electron chi connectivity index (χ4n) is 3.94. The second kappa shape index (κ2) is 8.45. The Morgan fingerprint density at radius 3 is 2.56 bits per heavy atom. The summed E-state index contributed by atoms with van der Waals surface area (Å²) < 4.78 is 5.07. The third kappa shape index (κ3) is 4.58. The van der Waals surface area contributed by atoms with Gasteiger partial charge in [-0.2, -0.15) is 4.98 Å². The number of nitrogens with one attached hydrogen (secondary N) is 1. The van der Waals surface area contributed by atoms with Gasteiger partial charge in [0.25, 0.3) is 0 Å². The number of likely N-dealkylation sites (tertiary alicyclic amines) is 1. The lowest BCUT2D eigenvalue weighted by Gasteiger charge is -2.32. The Bertz CT molecular complexity index is 595. The van der Waals surface area contributed by atoms with E-state index in [0.29, 0.717) is 24.7 Å². The highest BCUT2D eigenvalue weighted by Crippen LogP contribution is 2.32. The SMILES string of the molecule is Cc1noc(CCCNC(=O)[C@@H]2CCCC[C@@H]2C(=O)N2CCCC2)n1. The van der Waals surface area contributed by atoms with Crippen LogP contribution in [0.5, 0.6) is 0 Å². The number of rotatable bonds is 6. The van der Waals surface area contributed by atoms with Crippen molar-refractivity contribution in [3.8, 4) is 0 Å². The summed E-state index contributed by atoms with van der Waals surface area (Å²) in [6.07, 6.45) is 7.32. The van der Waals surface area contributed by atoms with Crippen LogP contribution in [-0.4, -0.2) is 46.5 Å². The molecular weight excluding hydrogens is 320 g/mol. The van der Waals surface area contributed by atoms with Crippen molar-refractivity contribution in [2.75, 3.05) is 19.6 Å². The van der Waals surface area contributed by atoms with E-state index in [4.69, 9.17) is 4.52 Å². The highest BCUT2D eigenvalue weighted by atomic mass is 16.5. The van der Waals surface area contributed by atoms with E-state index in [9.17, 15) is 9.59 Å². The summed E-state index contributed by atoms with van der Waals surface area (Å²) in [5.74, 6) is 1.14. The number of hydrogen-bond acceptors (Lipinski definition) is 5. The molecule has 2 fully saturated rings. The minimum absolute atomic E-state index is 0.0268. The molecule has 2 heterocycles. The third-order valence-corrected chi connectivity index (χ3v) is 5.27. The second-order valence-corrected chi connectivity index (χ2v) is 7.16. The summed E-state index contributed by atoms with van der Waals surface area (Å²) in [6.45, 7) is 4.07. The molecule has 1 aliphatic carbocycles. The molecule has 1 aromatic rings. The van der Waals surface area contributed by atoms with Crippen LogP contribution in [0.3, 0.4) is 0 Å². The lowest BCUT2D eigenvalue weighted by atomic mass is 9.78. The van der Waals surface area contributed by atoms with E-state index in [1.807, 2.05) is 4.90 Å². The van der Waals surface area contributed by atoms with Crippen LogP contribution in [0, 0.1) is 18.8 Å². The number of hydrogen-bond donors (Lipinski definition) is 1. The van der Waals surface area contributed by atoms with Crippen molar-refractivity contribution in [3.63, 3.8) is 0 Å². The molecule has 1 saturated carbocycles. The average Bonchev–Trinajstić information content (AvgIpc) is 3.30. The minimum Gasteiger partial charge on any atom is -0.356 e. The molecule has 0 unspecified atom stereocenters. The van der Waals surface area contributed by atoms with Crippen LogP contribution < -0.4 is 5.32 Å². The Hall–Kier alpha value is -1.92. The van der Waals surface area contributed by atoms with Gasteiger partial charge in [-0.15, -0.1) is 0 Å². The van der Waals surface area contributed by atoms with Gasteiger partial charge in [0.1, 0.15) is 0 Å². The Morgan fingerprint density at radius 2 is 1.88 bits per heavy atom. The molecule has 0 radical (unpaired) electrons. The van der Waals surface area contributed by atoms with Gasteiger partial charge in [-0.05, 0) is 39.0 Å². The van der Waals surface area contributed by atoms with Crippen LogP contribution in [0.2, 0.25) is 0 Å². The van der Waals surface area contributed by atoms with E-state index in [1.54, 1.807) is 6.92 Å². The van der Waals surface area contributed by atoms with Crippen molar-refractivity contribution in [1.82, 2.24) is 20.4 Å². The van der Waals surface area contributed by atoms with E-state index >= 15 is 0 Å². The Balaban J connectivity index is 1.47. The van der Waals surface area contributed by atoms with Gasteiger partial charge in [0.2, 0.25) is 17.7 Å². The Labute approximate surface area is 148 Å². The maximum atomic E-state index is 12.8. The first kappa shape index (κ1) is 17.9. The van der Waals surface area contributed by atoms with Crippen molar-refractivity contribution in [2.45, 2.75) is 58.3 Å². The van der Waals surface area contributed by atoms with Gasteiger partial charge < -0.3 is 14.7 Å². The monoisotopic (exact) mass is 348 g/mol. The highest BCUT2D eigenvalue weighted by molar-refractivity contribution is 5.88. The predicted molar refractivity (Wildman–Crippen MR) is 91.6 cm³/mol. The quantitative estimate of drug-likeness (QED) is 0.793. The summed E-state index contributed by atoms with van der Waals surface area (Å²) in [6, 6.07) is 0. The largest absolute Gasteiger partial charge is 0.356 e. The van der Waals surface area contributed by atoms with E-state index in [2.05, 4.69) is 15.5 Å². The molecule has 1 saturated heterocycles. The number of nitrogens with zero attached hydrogens (tertiary/aromatic N) is 3. The van der Waals surface area contributed by atoms with Crippen LogP contribution in [-0.2, 0) is 16.0 Å². The van der Waals surface area contributed by atoms with Crippen LogP contribution in [0.4, 0.5) is 0 Å². The zero-order valence-electron chi connectivity index (χ0n) is 15.0. The molecule has 0 bridgehead atoms. The topological polar surface area (TPSA) is 88.3 Å². The number of carbonyl (C=O) groups is 2. The van der Waals surface area contributed by atoms with Crippen molar-refractivity contribution >= 4 is 11.8 Å². The molecule has 2 amide bonds. The normalized spacial score (nSPS) is 23.6. The fourth-order valence-corrected chi connectivity index (χ4v) is 3.94. The molecule has 1 aromatic heterocycles. The Morgan fingerprint density at radius 1 is 1.16 bits per heavy atom. The summed E-state index contributed by atoms with van der Waals surface area (Å²) in [5, 5.41) is 6.76. The lowest BCUT2D eigenvalue weighted by molar-refractivity contribution is -0.142. The highest BCUT2D eigenvalue weighted by Gasteiger charge is 2.38. The van der Waals surface area contributed by atoms with Crippen LogP contribution in [0.15, 0.2) is 4.52 Å². The summed E-state index contributed by atoms with van der Waals surface area (Å²) >= 11 is 0. The maximum absolute atomic E-state index is 12.8. The molecular formula is C18H28N4O3. The van der Waals surface area contributed by atoms with Gasteiger partial charge in [-0.3, -0.25) is 9.59 Å². The zero-order valence-corrected chi connectivity index (χ0v) is 15.0. The number of carbonyl (C=O) groups excluding carboxylic acids is 2. The molecule has 138 valence electrons. The smallest absolute Gasteiger partial charge is 0.226 e. The molecule has 25 heavy (non-hydrogen) atoms. The van der Waals surface area contributed by atoms with Gasteiger partial charge in [0, 0.05) is 37.9 Å². The first-order chi connectivity index (χ1) is 12.1. The van der Waals surface area contributed by atoms with Crippen molar-refractivity contribution in [2.24, 2.45) is 11.8 Å². The molecule has 3 rings (SSSR count). The second-order valence-electron chi connectivity index (χ2n) is 7.16. The van der Waals surface area contributed by atoms with Gasteiger partial charge in [-0.25, -0.2) is 0 Å². The van der Waals surface area contributed by atoms with Crippen LogP contribution in [0.25, 0.3) is 0 Å². The molecule has 7 heteroatoms. The van der Waals surface area contributed by atoms with Gasteiger partial charge >= 0.3 is 0 Å². The van der Waals surface area contributed by atoms with E-state index in [0.717, 1.165) is 58.0 Å². The number of amides is 2. The Kier molecular flexibility index (Phi) is 6.04. The first-order valence-corrected chi connectivity index (χ1v) is 9.51. The first-order valence-electron chi connectivity index (χ1n) is 9.51. The van der Waals surface area contributed by atoms with E-state index in [-0.39, 0.29) is 23.7 Å². The molecule has 0 aromatic carbocycles. The van der Waals surface area contributed by atoms with Gasteiger partial charge in [0.15, 0.2) is 5.82 Å². The third-order valence-electron chi connectivity index (χ3n) is 5.27. The van der Waals surface area contributed by atoms with Crippen LogP contribution in [0.1, 0.15) is 56.7 Å². The molecule has 1 aliphatic heterocycles. The summed E-state index contributed by atoms with van der Waals surface area (Å²) in [5.41, 5.74) is 0. The molecule has 7 nitrogen and oxygen atoms in total. The molecule has 1 N–H and O–H groups in total. The van der Waals surface area contributed by atoms with Crippen LogP contribution >= 0.6 is 0 Å². The lowest BCUT2D eigenvalue weighted by Crippen LogP contribution is -2.44. The van der Waals surface area contributed by atoms with E-state index < -0.39 is 0 Å². The minimum atomic E-state index is -0.174. The zero-order chi connectivity index (χ0) is 17.6. The van der Waals surface area contributed by atoms with Crippen molar-refractivity contribution in [1.29, 1.82) is 0 Å². The molecule has 2 atom stereocenters. The van der Waals surface area contributed by atoms with E-state index in [1.165, 1.54) is 0 Å². The number of aromatic nitrogens is 2. The van der Waals surface area contributed by atoms with Crippen molar-refractivity contribution in [3.05, 3.63) is 11.7 Å². The molecule has 0 spiro atoms. The average molecular weight is 348 g/mol. The number of aryl methyl sites for hydroxylation is 2. The maximum Gasteiger partial charge on any atom is 0.226 e. The summed E-state index contributed by atoms with van der Waals surface area (Å²) in [7, 11) is 0. The van der Waals surface area contributed by atoms with Crippen molar-refractivity contribution < 1.29 is 14.1 Å². The standard InChI is InChI=1S/C18H28N4O3/c1-13-20-16(25-21-13)9-6-10-19-17(23)14-7-2-3-8-15(14)18(24)22-11-4-5-12-22/h14-15H,2-12H2,1H3,(H,19,23)/t14-,15+/m1/s1. The summed E-state index contributed by atoms with van der Waals surface area (Å²) in [4.78, 5) is 31.5. The molecule has 2 aliphatic rings. The van der Waals surface area contributed by atoms with Gasteiger partial charge in [-0.1, -0.05) is 18.0 Å².